The van der Waals surface area contributed by atoms with Crippen molar-refractivity contribution in [2.24, 2.45) is 5.92 Å². The van der Waals surface area contributed by atoms with E-state index in [0.717, 1.165) is 5.75 Å². The van der Waals surface area contributed by atoms with Crippen molar-refractivity contribution in [1.29, 1.82) is 0 Å². The first-order chi connectivity index (χ1) is 16.9. The lowest BCUT2D eigenvalue weighted by Crippen LogP contribution is -2.28. The summed E-state index contributed by atoms with van der Waals surface area (Å²) in [6.07, 6.45) is 0.418. The number of carbonyl (C=O) groups is 3. The molecule has 2 N–H and O–H groups in total. The monoisotopic (exact) mass is 531 g/mol. The molecule has 0 bridgehead atoms. The second-order valence-corrected chi connectivity index (χ2v) is 10.4. The Morgan fingerprint density at radius 2 is 1.89 bits per heavy atom. The van der Waals surface area contributed by atoms with Crippen LogP contribution in [0.1, 0.15) is 12.8 Å². The van der Waals surface area contributed by atoms with Gasteiger partial charge in [-0.05, 0) is 48.5 Å². The molecule has 4 rings (SSSR count). The molecule has 0 aliphatic carbocycles. The molecule has 1 fully saturated rings. The number of benzene rings is 2. The number of thioether (sulfide) groups is 1. The molecule has 9 nitrogen and oxygen atoms in total. The van der Waals surface area contributed by atoms with Crippen molar-refractivity contribution in [1.82, 2.24) is 10.2 Å². The number of nitrogens with zero attached hydrogens (tertiary/aromatic N) is 3. The standard InChI is InChI=1S/C23H22ClN5O4S2/c1-33-18-8-4-16(5-9-18)25-19(30)10-11-34-23-28-27-22(35-23)26-21(32)14-12-20(31)29(13-14)17-6-2-15(24)3-7-17/h2-9,14H,10-13H2,1H3,(H,25,30)(H,26,27,32). The minimum absolute atomic E-state index is 0.114. The van der Waals surface area contributed by atoms with Gasteiger partial charge in [0.05, 0.1) is 13.0 Å². The molecule has 0 saturated carbocycles. The number of anilines is 3. The highest BCUT2D eigenvalue weighted by Crippen LogP contribution is 2.29. The molecular formula is C23H22ClN5O4S2. The lowest BCUT2D eigenvalue weighted by molar-refractivity contribution is -0.122. The first kappa shape index (κ1) is 25.0. The van der Waals surface area contributed by atoms with E-state index in [-0.39, 0.29) is 30.7 Å². The predicted molar refractivity (Wildman–Crippen MR) is 137 cm³/mol. The summed E-state index contributed by atoms with van der Waals surface area (Å²) in [5.41, 5.74) is 1.40. The quantitative estimate of drug-likeness (QED) is 0.312. The van der Waals surface area contributed by atoms with Crippen molar-refractivity contribution < 1.29 is 19.1 Å². The van der Waals surface area contributed by atoms with Gasteiger partial charge in [0.15, 0.2) is 4.34 Å². The highest BCUT2D eigenvalue weighted by atomic mass is 35.5. The van der Waals surface area contributed by atoms with Crippen LogP contribution in [0.4, 0.5) is 16.5 Å². The fraction of sp³-hybridized carbons (Fsp3) is 0.261. The van der Waals surface area contributed by atoms with Crippen LogP contribution < -0.4 is 20.3 Å². The van der Waals surface area contributed by atoms with Crippen molar-refractivity contribution in [2.75, 3.05) is 34.9 Å². The van der Waals surface area contributed by atoms with Crippen molar-refractivity contribution in [2.45, 2.75) is 17.2 Å². The van der Waals surface area contributed by atoms with Gasteiger partial charge in [0, 0.05) is 41.5 Å². The summed E-state index contributed by atoms with van der Waals surface area (Å²) >= 11 is 8.52. The van der Waals surface area contributed by atoms with Gasteiger partial charge in [0.25, 0.3) is 0 Å². The third-order valence-electron chi connectivity index (χ3n) is 5.20. The van der Waals surface area contributed by atoms with E-state index in [1.165, 1.54) is 23.1 Å². The number of ether oxygens (including phenoxy) is 1. The van der Waals surface area contributed by atoms with Crippen LogP contribution in [0.5, 0.6) is 5.75 Å². The third kappa shape index (κ3) is 6.71. The molecule has 0 spiro atoms. The van der Waals surface area contributed by atoms with E-state index in [0.29, 0.717) is 38.0 Å². The first-order valence-electron chi connectivity index (χ1n) is 10.7. The maximum Gasteiger partial charge on any atom is 0.231 e. The number of nitrogens with one attached hydrogen (secondary N) is 2. The van der Waals surface area contributed by atoms with E-state index in [1.807, 2.05) is 0 Å². The van der Waals surface area contributed by atoms with Gasteiger partial charge in [0.1, 0.15) is 5.75 Å². The number of halogens is 1. The van der Waals surface area contributed by atoms with E-state index in [9.17, 15) is 14.4 Å². The van der Waals surface area contributed by atoms with E-state index < -0.39 is 5.92 Å². The maximum atomic E-state index is 12.7. The van der Waals surface area contributed by atoms with Crippen LogP contribution in [-0.2, 0) is 14.4 Å². The smallest absolute Gasteiger partial charge is 0.231 e. The Kier molecular flexibility index (Phi) is 8.21. The van der Waals surface area contributed by atoms with Gasteiger partial charge in [0.2, 0.25) is 22.9 Å². The van der Waals surface area contributed by atoms with E-state index in [2.05, 4.69) is 20.8 Å². The summed E-state index contributed by atoms with van der Waals surface area (Å²) in [6.45, 7) is 0.288. The second kappa shape index (κ2) is 11.5. The lowest BCUT2D eigenvalue weighted by Gasteiger charge is -2.16. The Bertz CT molecular complexity index is 1200. The molecule has 1 saturated heterocycles. The highest BCUT2D eigenvalue weighted by Gasteiger charge is 2.35. The van der Waals surface area contributed by atoms with Gasteiger partial charge in [-0.3, -0.25) is 14.4 Å². The average molecular weight is 532 g/mol. The maximum absolute atomic E-state index is 12.7. The fourth-order valence-electron chi connectivity index (χ4n) is 3.41. The highest BCUT2D eigenvalue weighted by molar-refractivity contribution is 8.01. The summed E-state index contributed by atoms with van der Waals surface area (Å²) in [5, 5.41) is 14.6. The molecule has 12 heteroatoms. The van der Waals surface area contributed by atoms with Crippen LogP contribution in [-0.4, -0.2) is 47.3 Å². The third-order valence-corrected chi connectivity index (χ3v) is 7.42. The molecule has 35 heavy (non-hydrogen) atoms. The molecule has 2 heterocycles. The molecule has 1 unspecified atom stereocenters. The van der Waals surface area contributed by atoms with Crippen LogP contribution in [0.15, 0.2) is 52.9 Å². The minimum atomic E-state index is -0.486. The molecule has 0 radical (unpaired) electrons. The molecule has 3 amide bonds. The van der Waals surface area contributed by atoms with Crippen LogP contribution in [0.2, 0.25) is 5.02 Å². The van der Waals surface area contributed by atoms with E-state index in [1.54, 1.807) is 60.5 Å². The Morgan fingerprint density at radius 3 is 2.60 bits per heavy atom. The summed E-state index contributed by atoms with van der Waals surface area (Å²) in [4.78, 5) is 38.8. The molecule has 1 atom stereocenters. The lowest BCUT2D eigenvalue weighted by atomic mass is 10.1. The van der Waals surface area contributed by atoms with E-state index in [4.69, 9.17) is 16.3 Å². The minimum Gasteiger partial charge on any atom is -0.497 e. The zero-order chi connectivity index (χ0) is 24.8. The summed E-state index contributed by atoms with van der Waals surface area (Å²) < 4.78 is 5.74. The van der Waals surface area contributed by atoms with Crippen LogP contribution >= 0.6 is 34.7 Å². The van der Waals surface area contributed by atoms with Crippen LogP contribution in [0.25, 0.3) is 0 Å². The summed E-state index contributed by atoms with van der Waals surface area (Å²) in [5.74, 6) is 0.237. The number of hydrogen-bond acceptors (Lipinski definition) is 8. The number of aromatic nitrogens is 2. The Hall–Kier alpha value is -3.15. The zero-order valence-electron chi connectivity index (χ0n) is 18.7. The molecule has 1 aromatic heterocycles. The normalized spacial score (nSPS) is 15.2. The van der Waals surface area contributed by atoms with Crippen molar-refractivity contribution in [3.63, 3.8) is 0 Å². The molecule has 3 aromatic rings. The van der Waals surface area contributed by atoms with Crippen LogP contribution in [0.3, 0.4) is 0 Å². The van der Waals surface area contributed by atoms with Gasteiger partial charge in [-0.2, -0.15) is 0 Å². The van der Waals surface area contributed by atoms with E-state index >= 15 is 0 Å². The first-order valence-corrected chi connectivity index (χ1v) is 12.9. The van der Waals surface area contributed by atoms with Crippen molar-refractivity contribution >= 4 is 68.9 Å². The number of amides is 3. The average Bonchev–Trinajstić information content (AvgIpc) is 3.46. The summed E-state index contributed by atoms with van der Waals surface area (Å²) in [6, 6.07) is 14.0. The molecule has 182 valence electrons. The summed E-state index contributed by atoms with van der Waals surface area (Å²) in [7, 11) is 1.58. The zero-order valence-corrected chi connectivity index (χ0v) is 21.1. The Balaban J connectivity index is 1.22. The number of rotatable bonds is 9. The van der Waals surface area contributed by atoms with Crippen LogP contribution in [0, 0.1) is 5.92 Å². The SMILES string of the molecule is COc1ccc(NC(=O)CCSc2nnc(NC(=O)C3CC(=O)N(c4ccc(Cl)cc4)C3)s2)cc1. The van der Waals surface area contributed by atoms with Gasteiger partial charge in [-0.1, -0.05) is 34.7 Å². The molecular weight excluding hydrogens is 510 g/mol. The van der Waals surface area contributed by atoms with Crippen molar-refractivity contribution in [3.05, 3.63) is 53.6 Å². The number of hydrogen-bond donors (Lipinski definition) is 2. The topological polar surface area (TPSA) is 114 Å². The number of carbonyl (C=O) groups excluding carboxylic acids is 3. The molecule has 2 aromatic carbocycles. The van der Waals surface area contributed by atoms with Crippen molar-refractivity contribution in [3.8, 4) is 5.75 Å². The Labute approximate surface area is 215 Å². The van der Waals surface area contributed by atoms with Gasteiger partial charge in [-0.15, -0.1) is 10.2 Å². The van der Waals surface area contributed by atoms with Gasteiger partial charge in [-0.25, -0.2) is 0 Å². The molecule has 1 aliphatic heterocycles. The predicted octanol–water partition coefficient (Wildman–Crippen LogP) is 4.31. The Morgan fingerprint density at radius 1 is 1.14 bits per heavy atom. The van der Waals surface area contributed by atoms with Gasteiger partial charge >= 0.3 is 0 Å². The fourth-order valence-corrected chi connectivity index (χ4v) is 5.30. The number of methoxy groups -OCH3 is 1. The second-order valence-electron chi connectivity index (χ2n) is 7.62. The molecule has 1 aliphatic rings. The largest absolute Gasteiger partial charge is 0.497 e. The van der Waals surface area contributed by atoms with Gasteiger partial charge < -0.3 is 20.3 Å².